The number of hydrogen-bond acceptors (Lipinski definition) is 6. The average molecular weight is 667 g/mol. The molecule has 3 fully saturated rings. The molecular weight excluding hydrogens is 621 g/mol. The molecule has 0 radical (unpaired) electrons. The number of benzene rings is 2. The second-order valence-electron chi connectivity index (χ2n) is 14.2. The average Bonchev–Trinajstić information content (AvgIpc) is 3.61. The fourth-order valence-electron chi connectivity index (χ4n) is 9.16. The van der Waals surface area contributed by atoms with Gasteiger partial charge in [0.25, 0.3) is 0 Å². The minimum atomic E-state index is -4.71. The van der Waals surface area contributed by atoms with E-state index in [2.05, 4.69) is 50.9 Å². The number of aromatic nitrogens is 1. The van der Waals surface area contributed by atoms with Gasteiger partial charge in [0.15, 0.2) is 0 Å². The van der Waals surface area contributed by atoms with Gasteiger partial charge in [-0.25, -0.2) is 8.42 Å². The van der Waals surface area contributed by atoms with E-state index >= 15 is 0 Å². The summed E-state index contributed by atoms with van der Waals surface area (Å²) in [5.74, 6) is 2.04. The summed E-state index contributed by atoms with van der Waals surface area (Å²) in [5.41, 5.74) is 3.16. The quantitative estimate of drug-likeness (QED) is 0.257. The standard InChI is InChI=1S/C37H45F3N4O2S/c1-2-42-25-28-7-3-6-10-34(28)36(26-42,29-8-4-5-9-29)30-16-19-43(20-17-30)22-27-23-44(24-27)31-11-13-32(14-12-31)47(45,46)33-15-18-41-35(21-33)37(38,39)40/h3,6-7,10-15,18,21,27,29-30H,2,4-5,8-9,16-17,19-20,22-26H2,1H3. The van der Waals surface area contributed by atoms with Crippen LogP contribution in [0.15, 0.2) is 76.7 Å². The van der Waals surface area contributed by atoms with Crippen molar-refractivity contribution in [3.63, 3.8) is 0 Å². The van der Waals surface area contributed by atoms with Crippen LogP contribution in [0.25, 0.3) is 0 Å². The fraction of sp³-hybridized carbons (Fsp3) is 0.541. The van der Waals surface area contributed by atoms with Crippen molar-refractivity contribution in [1.29, 1.82) is 0 Å². The summed E-state index contributed by atoms with van der Waals surface area (Å²) >= 11 is 0. The van der Waals surface area contributed by atoms with Crippen LogP contribution >= 0.6 is 0 Å². The molecule has 0 spiro atoms. The van der Waals surface area contributed by atoms with Crippen molar-refractivity contribution in [2.45, 2.75) is 73.4 Å². The van der Waals surface area contributed by atoms with Crippen molar-refractivity contribution in [3.05, 3.63) is 83.7 Å². The molecule has 6 nitrogen and oxygen atoms in total. The van der Waals surface area contributed by atoms with Crippen molar-refractivity contribution < 1.29 is 21.6 Å². The van der Waals surface area contributed by atoms with E-state index in [1.165, 1.54) is 57.2 Å². The molecule has 4 heterocycles. The number of likely N-dealkylation sites (tertiary alicyclic amines) is 1. The molecule has 1 atom stereocenters. The Kier molecular flexibility index (Phi) is 8.89. The highest BCUT2D eigenvalue weighted by Crippen LogP contribution is 2.53. The van der Waals surface area contributed by atoms with Gasteiger partial charge in [0.1, 0.15) is 5.69 Å². The van der Waals surface area contributed by atoms with Crippen LogP contribution in [0, 0.1) is 17.8 Å². The van der Waals surface area contributed by atoms with E-state index in [0.717, 1.165) is 69.7 Å². The van der Waals surface area contributed by atoms with Gasteiger partial charge in [0.05, 0.1) is 9.79 Å². The van der Waals surface area contributed by atoms with Gasteiger partial charge in [-0.3, -0.25) is 9.88 Å². The van der Waals surface area contributed by atoms with Crippen LogP contribution in [-0.2, 0) is 28.0 Å². The molecule has 2 aromatic carbocycles. The van der Waals surface area contributed by atoms with E-state index < -0.39 is 26.6 Å². The molecule has 47 heavy (non-hydrogen) atoms. The molecule has 10 heteroatoms. The van der Waals surface area contributed by atoms with E-state index in [-0.39, 0.29) is 10.3 Å². The first-order valence-corrected chi connectivity index (χ1v) is 18.7. The molecule has 3 aromatic rings. The normalized spacial score (nSPS) is 24.0. The molecule has 1 unspecified atom stereocenters. The van der Waals surface area contributed by atoms with Crippen molar-refractivity contribution in [1.82, 2.24) is 14.8 Å². The van der Waals surface area contributed by atoms with Crippen LogP contribution in [0.3, 0.4) is 0 Å². The zero-order valence-corrected chi connectivity index (χ0v) is 27.9. The number of sulfone groups is 1. The number of piperidine rings is 1. The number of fused-ring (bicyclic) bond motifs is 1. The number of pyridine rings is 1. The Hall–Kier alpha value is -2.95. The van der Waals surface area contributed by atoms with Crippen LogP contribution in [0.4, 0.5) is 18.9 Å². The van der Waals surface area contributed by atoms with Crippen LogP contribution in [-0.4, -0.2) is 69.0 Å². The third-order valence-corrected chi connectivity index (χ3v) is 13.3. The van der Waals surface area contributed by atoms with Gasteiger partial charge in [0, 0.05) is 55.9 Å². The maximum atomic E-state index is 13.1. The van der Waals surface area contributed by atoms with E-state index in [0.29, 0.717) is 17.9 Å². The van der Waals surface area contributed by atoms with E-state index in [1.807, 2.05) is 0 Å². The van der Waals surface area contributed by atoms with Gasteiger partial charge in [-0.1, -0.05) is 44.0 Å². The maximum absolute atomic E-state index is 13.1. The van der Waals surface area contributed by atoms with Crippen LogP contribution < -0.4 is 4.90 Å². The zero-order chi connectivity index (χ0) is 32.8. The molecule has 0 bridgehead atoms. The Morgan fingerprint density at radius 1 is 0.872 bits per heavy atom. The van der Waals surface area contributed by atoms with Gasteiger partial charge in [-0.05, 0) is 105 Å². The van der Waals surface area contributed by atoms with E-state index in [1.54, 1.807) is 23.3 Å². The number of likely N-dealkylation sites (N-methyl/N-ethyl adjacent to an activating group) is 1. The fourth-order valence-corrected chi connectivity index (χ4v) is 10.4. The van der Waals surface area contributed by atoms with Crippen molar-refractivity contribution in [3.8, 4) is 0 Å². The van der Waals surface area contributed by atoms with Crippen LogP contribution in [0.5, 0.6) is 0 Å². The Balaban J connectivity index is 0.963. The summed E-state index contributed by atoms with van der Waals surface area (Å²) in [6.07, 6.45) is 4.12. The monoisotopic (exact) mass is 666 g/mol. The number of alkyl halides is 3. The topological polar surface area (TPSA) is 56.8 Å². The second kappa shape index (κ2) is 12.8. The first-order valence-electron chi connectivity index (χ1n) is 17.2. The summed E-state index contributed by atoms with van der Waals surface area (Å²) in [6.45, 7) is 10.9. The molecule has 1 aromatic heterocycles. The van der Waals surface area contributed by atoms with E-state index in [9.17, 15) is 21.6 Å². The molecule has 1 aliphatic carbocycles. The Morgan fingerprint density at radius 3 is 2.23 bits per heavy atom. The molecule has 2 saturated heterocycles. The van der Waals surface area contributed by atoms with Gasteiger partial charge in [0.2, 0.25) is 9.84 Å². The highest BCUT2D eigenvalue weighted by molar-refractivity contribution is 7.91. The predicted octanol–water partition coefficient (Wildman–Crippen LogP) is 7.05. The molecule has 0 amide bonds. The molecule has 4 aliphatic rings. The number of halogens is 3. The number of hydrogen-bond donors (Lipinski definition) is 0. The number of rotatable bonds is 8. The third-order valence-electron chi connectivity index (χ3n) is 11.6. The largest absolute Gasteiger partial charge is 0.433 e. The summed E-state index contributed by atoms with van der Waals surface area (Å²) < 4.78 is 65.4. The van der Waals surface area contributed by atoms with Crippen LogP contribution in [0.2, 0.25) is 0 Å². The first kappa shape index (κ1) is 32.6. The molecule has 3 aliphatic heterocycles. The van der Waals surface area contributed by atoms with Crippen LogP contribution in [0.1, 0.15) is 62.3 Å². The van der Waals surface area contributed by atoms with Gasteiger partial charge in [-0.15, -0.1) is 0 Å². The highest BCUT2D eigenvalue weighted by atomic mass is 32.2. The predicted molar refractivity (Wildman–Crippen MR) is 177 cm³/mol. The van der Waals surface area contributed by atoms with Crippen molar-refractivity contribution >= 4 is 15.5 Å². The highest BCUT2D eigenvalue weighted by Gasteiger charge is 2.51. The molecule has 7 rings (SSSR count). The summed E-state index contributed by atoms with van der Waals surface area (Å²) in [5, 5.41) is 0. The lowest BCUT2D eigenvalue weighted by atomic mass is 9.57. The summed E-state index contributed by atoms with van der Waals surface area (Å²) in [6, 6.07) is 17.5. The number of anilines is 1. The smallest absolute Gasteiger partial charge is 0.371 e. The van der Waals surface area contributed by atoms with Gasteiger partial charge >= 0.3 is 6.18 Å². The lowest BCUT2D eigenvalue weighted by Gasteiger charge is -2.54. The first-order chi connectivity index (χ1) is 22.6. The molecule has 1 saturated carbocycles. The minimum absolute atomic E-state index is 0.0291. The van der Waals surface area contributed by atoms with Gasteiger partial charge in [-0.2, -0.15) is 13.2 Å². The number of nitrogens with zero attached hydrogens (tertiary/aromatic N) is 4. The SMILES string of the molecule is CCN1Cc2ccccc2C(C2CCCC2)(C2CCN(CC3CN(c4ccc(S(=O)(=O)c5ccnc(C(F)(F)F)c5)cc4)C3)CC2)C1. The van der Waals surface area contributed by atoms with Crippen molar-refractivity contribution in [2.75, 3.05) is 50.7 Å². The Labute approximate surface area is 276 Å². The zero-order valence-electron chi connectivity index (χ0n) is 27.1. The third kappa shape index (κ3) is 6.21. The lowest BCUT2D eigenvalue weighted by molar-refractivity contribution is -0.141. The van der Waals surface area contributed by atoms with Gasteiger partial charge < -0.3 is 9.80 Å². The Bertz CT molecular complexity index is 1660. The molecule has 0 N–H and O–H groups in total. The van der Waals surface area contributed by atoms with E-state index in [4.69, 9.17) is 0 Å². The van der Waals surface area contributed by atoms with Crippen molar-refractivity contribution in [2.24, 2.45) is 17.8 Å². The molecular formula is C37H45F3N4O2S. The summed E-state index contributed by atoms with van der Waals surface area (Å²) in [4.78, 5) is 10.4. The Morgan fingerprint density at radius 2 is 1.55 bits per heavy atom. The maximum Gasteiger partial charge on any atom is 0.433 e. The molecule has 252 valence electrons. The summed E-state index contributed by atoms with van der Waals surface area (Å²) in [7, 11) is -4.09. The lowest BCUT2D eigenvalue weighted by Crippen LogP contribution is -2.57. The second-order valence-corrected chi connectivity index (χ2v) is 16.1. The minimum Gasteiger partial charge on any atom is -0.371 e.